The molecule has 2 amide bonds. The molecule has 0 spiro atoms. The first-order valence-corrected chi connectivity index (χ1v) is 9.10. The molecule has 1 heterocycles. The number of hydrogen-bond acceptors (Lipinski definition) is 6. The minimum absolute atomic E-state index is 0.000295. The van der Waals surface area contributed by atoms with Crippen LogP contribution in [0.5, 0.6) is 0 Å². The maximum Gasteiger partial charge on any atom is 0.303 e. The van der Waals surface area contributed by atoms with Crippen LogP contribution >= 0.6 is 0 Å². The third-order valence-electron chi connectivity index (χ3n) is 4.00. The Bertz CT molecular complexity index is 838. The average Bonchev–Trinajstić information content (AvgIpc) is 2.56. The van der Waals surface area contributed by atoms with Gasteiger partial charge in [0, 0.05) is 32.1 Å². The Balaban J connectivity index is 2.31. The summed E-state index contributed by atoms with van der Waals surface area (Å²) in [5.41, 5.74) is 1.35. The molecule has 0 radical (unpaired) electrons. The number of carboxylic acids is 1. The second-order valence-electron chi connectivity index (χ2n) is 5.79. The van der Waals surface area contributed by atoms with Crippen molar-refractivity contribution >= 4 is 33.8 Å². The van der Waals surface area contributed by atoms with Crippen LogP contribution in [-0.4, -0.2) is 53.9 Å². The molecule has 0 saturated heterocycles. The van der Waals surface area contributed by atoms with Gasteiger partial charge in [-0.3, -0.25) is 19.1 Å². The van der Waals surface area contributed by atoms with E-state index in [1.807, 2.05) is 4.72 Å². The van der Waals surface area contributed by atoms with Crippen LogP contribution in [0.25, 0.3) is 0 Å². The number of likely N-dealkylation sites (N-methyl/N-ethyl adjacent to an activating group) is 1. The van der Waals surface area contributed by atoms with Crippen LogP contribution in [0, 0.1) is 0 Å². The van der Waals surface area contributed by atoms with Gasteiger partial charge in [-0.1, -0.05) is 6.07 Å². The molecular weight excluding hydrogens is 366 g/mol. The van der Waals surface area contributed by atoms with Crippen molar-refractivity contribution in [3.05, 3.63) is 29.3 Å². The maximum absolute atomic E-state index is 12.4. The number of rotatable bonds is 6. The predicted molar refractivity (Wildman–Crippen MR) is 88.7 cm³/mol. The van der Waals surface area contributed by atoms with Gasteiger partial charge < -0.3 is 19.9 Å². The zero-order chi connectivity index (χ0) is 19.5. The van der Waals surface area contributed by atoms with Gasteiger partial charge in [-0.05, 0) is 23.3 Å². The van der Waals surface area contributed by atoms with Crippen molar-refractivity contribution in [3.63, 3.8) is 0 Å². The number of benzene rings is 1. The fourth-order valence-corrected chi connectivity index (χ4v) is 3.23. The average molecular weight is 384 g/mol. The molecule has 11 heteroatoms. The van der Waals surface area contributed by atoms with Crippen molar-refractivity contribution in [2.45, 2.75) is 31.8 Å². The summed E-state index contributed by atoms with van der Waals surface area (Å²) in [6.45, 7) is 0.000295. The van der Waals surface area contributed by atoms with Gasteiger partial charge in [-0.2, -0.15) is 0 Å². The second kappa shape index (κ2) is 7.70. The third kappa shape index (κ3) is 4.92. The molecule has 1 aromatic rings. The zero-order valence-electron chi connectivity index (χ0n) is 13.9. The number of carbonyl (C=O) groups excluding carboxylic acids is 2. The van der Waals surface area contributed by atoms with Crippen molar-refractivity contribution in [1.29, 1.82) is 0 Å². The van der Waals surface area contributed by atoms with E-state index in [-0.39, 0.29) is 37.4 Å². The first kappa shape index (κ1) is 19.7. The molecule has 1 aliphatic rings. The van der Waals surface area contributed by atoms with Crippen LogP contribution in [0.3, 0.4) is 0 Å². The van der Waals surface area contributed by atoms with E-state index in [1.54, 1.807) is 6.07 Å². The number of fused-ring (bicyclic) bond motifs is 1. The molecule has 0 fully saturated rings. The number of aliphatic carboxylic acids is 1. The van der Waals surface area contributed by atoms with Gasteiger partial charge in [0.15, 0.2) is 10.3 Å². The summed E-state index contributed by atoms with van der Waals surface area (Å²) in [4.78, 5) is 36.5. The molecule has 3 N–H and O–H groups in total. The van der Waals surface area contributed by atoms with Crippen molar-refractivity contribution in [2.24, 2.45) is 0 Å². The smallest absolute Gasteiger partial charge is 0.303 e. The topological polar surface area (TPSA) is 156 Å². The summed E-state index contributed by atoms with van der Waals surface area (Å²) in [6.07, 6.45) is -0.429. The lowest BCUT2D eigenvalue weighted by atomic mass is 9.92. The molecule has 26 heavy (non-hydrogen) atoms. The highest BCUT2D eigenvalue weighted by molar-refractivity contribution is 7.87. The Morgan fingerprint density at radius 1 is 1.27 bits per heavy atom. The lowest BCUT2D eigenvalue weighted by Crippen LogP contribution is -2.52. The van der Waals surface area contributed by atoms with E-state index in [0.29, 0.717) is 5.56 Å². The molecule has 0 bridgehead atoms. The van der Waals surface area contributed by atoms with E-state index < -0.39 is 28.2 Å². The Morgan fingerprint density at radius 3 is 2.54 bits per heavy atom. The molecule has 0 unspecified atom stereocenters. The third-order valence-corrected chi connectivity index (χ3v) is 4.49. The minimum atomic E-state index is -4.69. The van der Waals surface area contributed by atoms with E-state index in [4.69, 9.17) is 5.11 Å². The summed E-state index contributed by atoms with van der Waals surface area (Å²) in [6, 6.07) is 3.60. The highest BCUT2D eigenvalue weighted by Crippen LogP contribution is 2.27. The van der Waals surface area contributed by atoms with Crippen molar-refractivity contribution in [1.82, 2.24) is 10.2 Å². The Kier molecular flexibility index (Phi) is 5.83. The van der Waals surface area contributed by atoms with Gasteiger partial charge in [0.25, 0.3) is 0 Å². The van der Waals surface area contributed by atoms with Gasteiger partial charge in [-0.15, -0.1) is 0 Å². The summed E-state index contributed by atoms with van der Waals surface area (Å²) in [7, 11) is -3.26. The molecule has 1 aliphatic heterocycles. The van der Waals surface area contributed by atoms with Crippen molar-refractivity contribution < 1.29 is 32.5 Å². The second-order valence-corrected chi connectivity index (χ2v) is 6.90. The number of carboxylic acid groups (broad SMARTS) is 1. The van der Waals surface area contributed by atoms with Crippen LogP contribution in [0.2, 0.25) is 0 Å². The van der Waals surface area contributed by atoms with Crippen LogP contribution in [0.15, 0.2) is 18.2 Å². The minimum Gasteiger partial charge on any atom is -0.731 e. The normalized spacial score (nSPS) is 16.5. The van der Waals surface area contributed by atoms with E-state index >= 15 is 0 Å². The number of carbonyl (C=O) groups is 3. The lowest BCUT2D eigenvalue weighted by Gasteiger charge is -2.36. The van der Waals surface area contributed by atoms with Gasteiger partial charge in [0.05, 0.1) is 6.42 Å². The Morgan fingerprint density at radius 2 is 1.96 bits per heavy atom. The fourth-order valence-electron chi connectivity index (χ4n) is 2.81. The largest absolute Gasteiger partial charge is 0.731 e. The first-order chi connectivity index (χ1) is 12.1. The summed E-state index contributed by atoms with van der Waals surface area (Å²) >= 11 is 0. The van der Waals surface area contributed by atoms with Gasteiger partial charge >= 0.3 is 5.97 Å². The molecule has 1 atom stereocenters. The number of nitrogens with zero attached hydrogens (tertiary/aromatic N) is 1. The zero-order valence-corrected chi connectivity index (χ0v) is 14.7. The van der Waals surface area contributed by atoms with Crippen LogP contribution in [0.4, 0.5) is 5.69 Å². The van der Waals surface area contributed by atoms with Gasteiger partial charge in [0.2, 0.25) is 11.8 Å². The van der Waals surface area contributed by atoms with E-state index in [0.717, 1.165) is 5.56 Å². The monoisotopic (exact) mass is 384 g/mol. The fraction of sp³-hybridized carbons (Fsp3) is 0.400. The Labute approximate surface area is 150 Å². The number of anilines is 1. The summed E-state index contributed by atoms with van der Waals surface area (Å²) < 4.78 is 34.3. The van der Waals surface area contributed by atoms with Gasteiger partial charge in [-0.25, -0.2) is 8.42 Å². The Hall–Kier alpha value is -2.66. The number of amides is 2. The van der Waals surface area contributed by atoms with Crippen LogP contribution in [-0.2, 0) is 37.7 Å². The van der Waals surface area contributed by atoms with Crippen LogP contribution in [0.1, 0.15) is 24.0 Å². The molecule has 10 nitrogen and oxygen atoms in total. The molecule has 0 aliphatic carbocycles. The highest BCUT2D eigenvalue weighted by Gasteiger charge is 2.34. The number of nitrogens with one attached hydrogen (secondary N) is 2. The molecule has 1 aromatic carbocycles. The van der Waals surface area contributed by atoms with Crippen molar-refractivity contribution in [2.75, 3.05) is 11.8 Å². The first-order valence-electron chi connectivity index (χ1n) is 7.69. The summed E-state index contributed by atoms with van der Waals surface area (Å²) in [5, 5.41) is 11.2. The molecule has 0 saturated carbocycles. The molecule has 142 valence electrons. The SMILES string of the molecule is CNC(=O)[C@@H]1Cc2ccc(NS(=O)(=O)[O-])cc2CN1C(=O)CCC(=O)O. The quantitative estimate of drug-likeness (QED) is 0.554. The van der Waals surface area contributed by atoms with E-state index in [9.17, 15) is 27.4 Å². The van der Waals surface area contributed by atoms with Crippen molar-refractivity contribution in [3.8, 4) is 0 Å². The number of hydrogen-bond donors (Lipinski definition) is 3. The van der Waals surface area contributed by atoms with E-state index in [2.05, 4.69) is 5.32 Å². The molecule has 0 aromatic heterocycles. The van der Waals surface area contributed by atoms with Crippen LogP contribution < -0.4 is 10.0 Å². The lowest BCUT2D eigenvalue weighted by molar-refractivity contribution is -0.144. The summed E-state index contributed by atoms with van der Waals surface area (Å²) in [5.74, 6) is -2.01. The molecular formula is C15H18N3O7S-. The predicted octanol–water partition coefficient (Wildman–Crippen LogP) is -0.577. The standard InChI is InChI=1S/C15H19N3O7S/c1-16-15(22)12-7-9-2-3-11(17-26(23,24)25)6-10(9)8-18(12)13(19)4-5-14(20)21/h2-3,6,12,17H,4-5,7-8H2,1H3,(H,16,22)(H,20,21)(H,23,24,25)/p-1/t12-/m0/s1. The van der Waals surface area contributed by atoms with E-state index in [1.165, 1.54) is 24.1 Å². The van der Waals surface area contributed by atoms with Gasteiger partial charge in [0.1, 0.15) is 6.04 Å². The highest BCUT2D eigenvalue weighted by atomic mass is 32.2. The molecule has 2 rings (SSSR count). The maximum atomic E-state index is 12.4.